The van der Waals surface area contributed by atoms with Gasteiger partial charge in [0.15, 0.2) is 0 Å². The minimum absolute atomic E-state index is 0.0495. The summed E-state index contributed by atoms with van der Waals surface area (Å²) in [5.41, 5.74) is 6.46. The van der Waals surface area contributed by atoms with E-state index in [1.165, 1.54) is 12.1 Å². The van der Waals surface area contributed by atoms with Crippen LogP contribution in [0.5, 0.6) is 0 Å². The number of benzene rings is 1. The van der Waals surface area contributed by atoms with E-state index in [-0.39, 0.29) is 25.5 Å². The Bertz CT molecular complexity index is 435. The van der Waals surface area contributed by atoms with Crippen LogP contribution in [0.1, 0.15) is 17.3 Å². The Morgan fingerprint density at radius 1 is 1.50 bits per heavy atom. The van der Waals surface area contributed by atoms with E-state index in [4.69, 9.17) is 10.8 Å². The van der Waals surface area contributed by atoms with Gasteiger partial charge in [-0.3, -0.25) is 0 Å². The van der Waals surface area contributed by atoms with E-state index in [9.17, 15) is 14.9 Å². The van der Waals surface area contributed by atoms with Gasteiger partial charge in [-0.2, -0.15) is 0 Å². The molecule has 0 aliphatic carbocycles. The van der Waals surface area contributed by atoms with Crippen molar-refractivity contribution < 1.29 is 14.8 Å². The maximum atomic E-state index is 10.6. The molecule has 1 aromatic rings. The van der Waals surface area contributed by atoms with Gasteiger partial charge in [0.25, 0.3) is 0 Å². The van der Waals surface area contributed by atoms with Crippen molar-refractivity contribution in [2.45, 2.75) is 23.1 Å². The Labute approximate surface area is 110 Å². The molecular weight excluding hydrogens is 303 g/mol. The van der Waals surface area contributed by atoms with Crippen LogP contribution in [0.25, 0.3) is 0 Å². The number of carbonyl (C=O) groups is 1. The molecule has 1 rings (SSSR count). The van der Waals surface area contributed by atoms with Crippen LogP contribution >= 0.6 is 0 Å². The molecule has 0 aromatic heterocycles. The number of nitro groups is 1. The van der Waals surface area contributed by atoms with Crippen molar-refractivity contribution in [2.75, 3.05) is 0 Å². The first-order valence-corrected chi connectivity index (χ1v) is 7.46. The maximum absolute atomic E-state index is 10.6. The molecule has 7 heteroatoms. The van der Waals surface area contributed by atoms with Gasteiger partial charge < -0.3 is 0 Å². The van der Waals surface area contributed by atoms with Crippen LogP contribution in [0.4, 0.5) is 5.69 Å². The molecule has 0 spiro atoms. The molecule has 98 valence electrons. The first kappa shape index (κ1) is 14.6. The van der Waals surface area contributed by atoms with Crippen LogP contribution in [-0.2, 0) is 4.79 Å². The number of non-ortho nitro benzene ring substituents is 1. The number of rotatable bonds is 6. The van der Waals surface area contributed by atoms with Crippen molar-refractivity contribution in [3.8, 4) is 0 Å². The molecule has 0 aliphatic rings. The Hall–Kier alpha value is -1.43. The number of carboxylic acid groups (broad SMARTS) is 1. The standard InChI is InChI=1S/C11H14N2O4Se/c1-7(18-6-10(12)11(14)15)8-2-4-9(5-3-8)13(16)17/h2-5,7,10H,6,12H2,1H3,(H,14,15)/t7?,10-/m0/s1. The number of aliphatic carboxylic acids is 1. The van der Waals surface area contributed by atoms with Gasteiger partial charge in [-0.05, 0) is 0 Å². The van der Waals surface area contributed by atoms with Gasteiger partial charge in [0.2, 0.25) is 0 Å². The quantitative estimate of drug-likeness (QED) is 0.466. The van der Waals surface area contributed by atoms with Crippen molar-refractivity contribution in [2.24, 2.45) is 5.73 Å². The fourth-order valence-electron chi connectivity index (χ4n) is 1.28. The van der Waals surface area contributed by atoms with Gasteiger partial charge in [-0.1, -0.05) is 0 Å². The summed E-state index contributed by atoms with van der Waals surface area (Å²) in [6.07, 6.45) is 0. The predicted octanol–water partition coefficient (Wildman–Crippen LogP) is 1.19. The minimum atomic E-state index is -0.993. The fourth-order valence-corrected chi connectivity index (χ4v) is 3.36. The topological polar surface area (TPSA) is 106 Å². The first-order chi connectivity index (χ1) is 8.41. The van der Waals surface area contributed by atoms with E-state index in [0.717, 1.165) is 5.56 Å². The normalized spacial score (nSPS) is 13.9. The zero-order valence-electron chi connectivity index (χ0n) is 9.78. The van der Waals surface area contributed by atoms with E-state index in [1.807, 2.05) is 6.92 Å². The van der Waals surface area contributed by atoms with Gasteiger partial charge >= 0.3 is 110 Å². The van der Waals surface area contributed by atoms with Crippen molar-refractivity contribution in [3.63, 3.8) is 0 Å². The van der Waals surface area contributed by atoms with Crippen molar-refractivity contribution in [3.05, 3.63) is 39.9 Å². The van der Waals surface area contributed by atoms with Gasteiger partial charge in [-0.15, -0.1) is 0 Å². The number of nitrogens with two attached hydrogens (primary N) is 1. The van der Waals surface area contributed by atoms with E-state index < -0.39 is 16.9 Å². The average molecular weight is 317 g/mol. The van der Waals surface area contributed by atoms with Gasteiger partial charge in [0, 0.05) is 0 Å². The average Bonchev–Trinajstić information content (AvgIpc) is 2.35. The van der Waals surface area contributed by atoms with E-state index >= 15 is 0 Å². The Morgan fingerprint density at radius 3 is 2.50 bits per heavy atom. The molecule has 18 heavy (non-hydrogen) atoms. The second-order valence-electron chi connectivity index (χ2n) is 3.77. The third-order valence-electron chi connectivity index (χ3n) is 2.42. The monoisotopic (exact) mass is 318 g/mol. The summed E-state index contributed by atoms with van der Waals surface area (Å²) >= 11 is 0.0495. The predicted molar refractivity (Wildman–Crippen MR) is 67.7 cm³/mol. The van der Waals surface area contributed by atoms with Crippen LogP contribution < -0.4 is 5.73 Å². The Morgan fingerprint density at radius 2 is 2.06 bits per heavy atom. The SMILES string of the molecule is CC([Se]C[C@H](N)C(=O)O)c1ccc([N+](=O)[O-])cc1. The molecule has 0 bridgehead atoms. The first-order valence-electron chi connectivity index (χ1n) is 5.26. The molecule has 1 unspecified atom stereocenters. The van der Waals surface area contributed by atoms with Gasteiger partial charge in [-0.25, -0.2) is 0 Å². The number of hydrogen-bond donors (Lipinski definition) is 2. The second-order valence-corrected chi connectivity index (χ2v) is 6.65. The van der Waals surface area contributed by atoms with Crippen molar-refractivity contribution in [1.82, 2.24) is 0 Å². The van der Waals surface area contributed by atoms with Crippen LogP contribution in [0, 0.1) is 10.1 Å². The summed E-state index contributed by atoms with van der Waals surface area (Å²) in [4.78, 5) is 20.8. The fraction of sp³-hybridized carbons (Fsp3) is 0.364. The molecule has 0 aliphatic heterocycles. The summed E-state index contributed by atoms with van der Waals surface area (Å²) in [6, 6.07) is 5.50. The second kappa shape index (κ2) is 6.49. The molecule has 0 amide bonds. The third-order valence-corrected chi connectivity index (χ3v) is 5.19. The van der Waals surface area contributed by atoms with Crippen LogP contribution in [0.2, 0.25) is 5.32 Å². The molecule has 0 heterocycles. The third kappa shape index (κ3) is 4.10. The molecular formula is C11H14N2O4Se. The van der Waals surface area contributed by atoms with Crippen LogP contribution in [0.15, 0.2) is 24.3 Å². The Kier molecular flexibility index (Phi) is 5.27. The van der Waals surface area contributed by atoms with Gasteiger partial charge in [0.1, 0.15) is 0 Å². The van der Waals surface area contributed by atoms with Crippen molar-refractivity contribution >= 4 is 26.6 Å². The molecule has 0 saturated heterocycles. The number of nitrogens with zero attached hydrogens (tertiary/aromatic N) is 1. The molecule has 6 nitrogen and oxygen atoms in total. The van der Waals surface area contributed by atoms with Crippen LogP contribution in [-0.4, -0.2) is 37.0 Å². The van der Waals surface area contributed by atoms with E-state index in [2.05, 4.69) is 0 Å². The van der Waals surface area contributed by atoms with E-state index in [0.29, 0.717) is 5.32 Å². The molecule has 1 aromatic carbocycles. The molecule has 3 N–H and O–H groups in total. The molecule has 0 radical (unpaired) electrons. The zero-order chi connectivity index (χ0) is 13.7. The van der Waals surface area contributed by atoms with Crippen molar-refractivity contribution in [1.29, 1.82) is 0 Å². The summed E-state index contributed by atoms with van der Waals surface area (Å²) in [5.74, 6) is -0.993. The molecule has 0 saturated carbocycles. The zero-order valence-corrected chi connectivity index (χ0v) is 11.5. The summed E-state index contributed by atoms with van der Waals surface area (Å²) in [5, 5.41) is 19.6. The number of hydrogen-bond acceptors (Lipinski definition) is 4. The van der Waals surface area contributed by atoms with E-state index in [1.54, 1.807) is 12.1 Å². The number of nitro benzene ring substituents is 1. The van der Waals surface area contributed by atoms with Crippen LogP contribution in [0.3, 0.4) is 0 Å². The van der Waals surface area contributed by atoms with Gasteiger partial charge in [0.05, 0.1) is 0 Å². The summed E-state index contributed by atoms with van der Waals surface area (Å²) < 4.78 is 0. The summed E-state index contributed by atoms with van der Waals surface area (Å²) in [7, 11) is 0. The molecule has 0 fully saturated rings. The molecule has 2 atom stereocenters. The Balaban J connectivity index is 2.59. The number of carboxylic acids is 1. The summed E-state index contributed by atoms with van der Waals surface area (Å²) in [6.45, 7) is 1.97.